The predicted octanol–water partition coefficient (Wildman–Crippen LogP) is -0.125. The monoisotopic (exact) mass is 1160 g/mol. The van der Waals surface area contributed by atoms with Gasteiger partial charge >= 0.3 is 40.1 Å². The van der Waals surface area contributed by atoms with Crippen molar-refractivity contribution in [2.75, 3.05) is 27.5 Å². The zero-order valence-corrected chi connectivity index (χ0v) is 46.5. The van der Waals surface area contributed by atoms with Crippen LogP contribution in [0.1, 0.15) is 80.5 Å². The van der Waals surface area contributed by atoms with Crippen LogP contribution in [-0.4, -0.2) is 165 Å². The molecule has 0 saturated carbocycles. The van der Waals surface area contributed by atoms with Crippen LogP contribution in [0.15, 0.2) is 76.9 Å². The van der Waals surface area contributed by atoms with Crippen LogP contribution in [0.3, 0.4) is 0 Å². The topological polar surface area (TPSA) is 429 Å². The van der Waals surface area contributed by atoms with Gasteiger partial charge in [-0.05, 0) is 67.4 Å². The first-order valence-corrected chi connectivity index (χ1v) is 28.7. The molecule has 0 aliphatic carbocycles. The molecule has 31 nitrogen and oxygen atoms in total. The zero-order valence-electron chi connectivity index (χ0n) is 43.8. The third kappa shape index (κ3) is 18.7. The second kappa shape index (κ2) is 27.8. The Labute approximate surface area is 438 Å². The number of phosphoric ester groups is 1. The van der Waals surface area contributed by atoms with Crippen molar-refractivity contribution in [1.29, 1.82) is 0 Å². The number of nitrogens with zero attached hydrogens (tertiary/aromatic N) is 3. The van der Waals surface area contributed by atoms with Crippen LogP contribution in [0, 0.1) is 0 Å². The number of nitrogens with one attached hydrogen (secondary N) is 3. The summed E-state index contributed by atoms with van der Waals surface area (Å²) in [4.78, 5) is 131. The molecule has 77 heavy (non-hydrogen) atoms. The van der Waals surface area contributed by atoms with Gasteiger partial charge in [-0.15, -0.1) is 0 Å². The van der Waals surface area contributed by atoms with Crippen LogP contribution in [0.5, 0.6) is 0 Å². The van der Waals surface area contributed by atoms with E-state index in [1.54, 1.807) is 27.7 Å². The SMILES string of the molecule is CO[C@H]1C(OC(C)C)[C@@H](/C(C)=C/P(=O)(O)O)O[C@H]1n1ccc(=O)[nH]c1=O.CO[C@H]1C(OC(C)C)[C@@H](C(C)OP(=O)(O)O)O[C@H]1n1ccc(=O)[nH]c1=O.CO[C@H]1C(OC(C)C)[C@@H](CCP(=O)(O)O)O[C@H]1n1ccc(=O)[nH]c1=O. The van der Waals surface area contributed by atoms with E-state index in [1.165, 1.54) is 70.5 Å². The van der Waals surface area contributed by atoms with Crippen molar-refractivity contribution < 1.29 is 90.2 Å². The van der Waals surface area contributed by atoms with E-state index in [1.807, 2.05) is 13.8 Å². The maximum absolute atomic E-state index is 12.1. The molecule has 3 saturated heterocycles. The standard InChI is InChI=1S/C15H23N2O8P.C14H23N2O9P.C14H23N2O8P/c1-8(2)24-12-11(9(3)7-26(20,21)22)25-14(13(12)23-4)17-6-5-10(18)16-15(17)19;1-7(2)23-11-10(8(3)25-26(19,20)21)24-13(12(11)22-4)16-6-5-9(17)15-14(16)18;1-8(2)23-11-9(5-7-25(19,20)21)24-13(12(11)22-3)16-6-4-10(17)15-14(16)18/h5-8,11-14H,1-4H3,(H,16,18,19)(H2,20,21,22);5-8,10-13H,1-4H3,(H,15,17,18)(H2,19,20,21);4,6,8-9,11-13H,5,7H2,1-3H3,(H,15,17,18)(H2,19,20,21)/b9-7+;;/t11-,12?,13+,14-;8?,10-,11?,12+,13-;9-,11?,12+,13-/m111/s1. The van der Waals surface area contributed by atoms with Gasteiger partial charge in [0.2, 0.25) is 0 Å². The van der Waals surface area contributed by atoms with Gasteiger partial charge in [0, 0.05) is 63.9 Å². The van der Waals surface area contributed by atoms with E-state index in [9.17, 15) is 52.2 Å². The average molecular weight is 1160 g/mol. The largest absolute Gasteiger partial charge is 0.469 e. The Morgan fingerprint density at radius 3 is 1.34 bits per heavy atom. The average Bonchev–Trinajstić information content (AvgIpc) is 3.94. The fourth-order valence-electron chi connectivity index (χ4n) is 8.62. The summed E-state index contributed by atoms with van der Waals surface area (Å²) in [5.41, 5.74) is -3.47. The quantitative estimate of drug-likeness (QED) is 0.0666. The first-order valence-electron chi connectivity index (χ1n) is 23.7. The molecule has 3 fully saturated rings. The lowest BCUT2D eigenvalue weighted by molar-refractivity contribution is -0.101. The Morgan fingerprint density at radius 1 is 0.584 bits per heavy atom. The summed E-state index contributed by atoms with van der Waals surface area (Å²) in [5, 5.41) is 0. The van der Waals surface area contributed by atoms with Crippen molar-refractivity contribution in [3.63, 3.8) is 0 Å². The van der Waals surface area contributed by atoms with E-state index in [-0.39, 0.29) is 36.5 Å². The molecule has 4 unspecified atom stereocenters. The normalized spacial score (nSPS) is 27.4. The number of aromatic nitrogens is 6. The van der Waals surface area contributed by atoms with Crippen LogP contribution < -0.4 is 33.7 Å². The summed E-state index contributed by atoms with van der Waals surface area (Å²) in [6.45, 7) is 13.7. The maximum Gasteiger partial charge on any atom is 0.469 e. The summed E-state index contributed by atoms with van der Waals surface area (Å²) in [6, 6.07) is 3.50. The number of aromatic amines is 3. The van der Waals surface area contributed by atoms with E-state index in [4.69, 9.17) is 66.7 Å². The van der Waals surface area contributed by atoms with E-state index in [0.29, 0.717) is 0 Å². The molecular weight excluding hydrogens is 1090 g/mol. The Morgan fingerprint density at radius 2 is 0.961 bits per heavy atom. The highest BCUT2D eigenvalue weighted by atomic mass is 31.2. The molecule has 3 aliphatic heterocycles. The summed E-state index contributed by atoms with van der Waals surface area (Å²) < 4.78 is 93.2. The molecule has 6 rings (SSSR count). The lowest BCUT2D eigenvalue weighted by atomic mass is 10.0. The van der Waals surface area contributed by atoms with E-state index < -0.39 is 136 Å². The number of ether oxygens (including phenoxy) is 9. The molecule has 3 aromatic heterocycles. The van der Waals surface area contributed by atoms with Gasteiger partial charge in [0.25, 0.3) is 16.7 Å². The summed E-state index contributed by atoms with van der Waals surface area (Å²) in [5.74, 6) is 0.805. The van der Waals surface area contributed by atoms with Gasteiger partial charge in [-0.2, -0.15) is 0 Å². The number of H-pyrrole nitrogens is 3. The van der Waals surface area contributed by atoms with Crippen molar-refractivity contribution in [1.82, 2.24) is 28.7 Å². The Bertz CT molecular complexity index is 2950. The van der Waals surface area contributed by atoms with E-state index in [0.717, 1.165) is 21.0 Å². The molecular formula is C43H69N6O25P3. The number of hydrogen-bond acceptors (Lipinski definition) is 19. The molecule has 0 spiro atoms. The lowest BCUT2D eigenvalue weighted by Gasteiger charge is -2.28. The minimum atomic E-state index is -4.76. The first kappa shape index (κ1) is 65.3. The molecule has 3 aliphatic rings. The Balaban J connectivity index is 0.000000249. The van der Waals surface area contributed by atoms with Gasteiger partial charge in [0.15, 0.2) is 18.7 Å². The fourth-order valence-corrected chi connectivity index (χ4v) is 10.4. The summed E-state index contributed by atoms with van der Waals surface area (Å²) in [6.07, 6.45) is -7.85. The predicted molar refractivity (Wildman–Crippen MR) is 268 cm³/mol. The van der Waals surface area contributed by atoms with Crippen molar-refractivity contribution >= 4 is 23.0 Å². The maximum atomic E-state index is 12.1. The highest BCUT2D eigenvalue weighted by Crippen LogP contribution is 2.45. The third-order valence-electron chi connectivity index (χ3n) is 11.5. The molecule has 6 heterocycles. The van der Waals surface area contributed by atoms with E-state index >= 15 is 0 Å². The van der Waals surface area contributed by atoms with Crippen LogP contribution in [0.2, 0.25) is 0 Å². The highest BCUT2D eigenvalue weighted by Gasteiger charge is 2.52. The van der Waals surface area contributed by atoms with Crippen molar-refractivity contribution in [3.8, 4) is 0 Å². The first-order chi connectivity index (χ1) is 35.7. The third-order valence-corrected chi connectivity index (χ3v) is 13.7. The summed E-state index contributed by atoms with van der Waals surface area (Å²) >= 11 is 0. The second-order valence-electron chi connectivity index (χ2n) is 18.5. The molecule has 0 radical (unpaired) electrons. The van der Waals surface area contributed by atoms with Crippen LogP contribution in [0.25, 0.3) is 0 Å². The molecule has 0 aromatic carbocycles. The van der Waals surface area contributed by atoms with Gasteiger partial charge < -0.3 is 72.0 Å². The van der Waals surface area contributed by atoms with Gasteiger partial charge in [-0.25, -0.2) is 18.9 Å². The molecule has 9 N–H and O–H groups in total. The fraction of sp³-hybridized carbons (Fsp3) is 0.674. The number of rotatable bonds is 20. The molecule has 34 heteroatoms. The Hall–Kier alpha value is -4.17. The number of phosphoric acid groups is 1. The van der Waals surface area contributed by atoms with Crippen molar-refractivity contribution in [3.05, 3.63) is 111 Å². The van der Waals surface area contributed by atoms with Gasteiger partial charge in [-0.3, -0.25) is 56.7 Å². The van der Waals surface area contributed by atoms with Crippen molar-refractivity contribution in [2.45, 2.75) is 160 Å². The van der Waals surface area contributed by atoms with E-state index in [2.05, 4.69) is 15.0 Å². The van der Waals surface area contributed by atoms with Gasteiger partial charge in [0.05, 0.1) is 36.7 Å². The molecule has 3 aromatic rings. The van der Waals surface area contributed by atoms with Crippen LogP contribution >= 0.6 is 23.0 Å². The molecule has 436 valence electrons. The second-order valence-corrected chi connectivity index (χ2v) is 23.0. The van der Waals surface area contributed by atoms with Crippen LogP contribution in [0.4, 0.5) is 0 Å². The minimum absolute atomic E-state index is 0.0378. The zero-order chi connectivity index (χ0) is 58.1. The van der Waals surface area contributed by atoms with Crippen molar-refractivity contribution in [2.24, 2.45) is 0 Å². The Kier molecular flexibility index (Phi) is 23.6. The molecule has 0 amide bonds. The minimum Gasteiger partial charge on any atom is -0.374 e. The summed E-state index contributed by atoms with van der Waals surface area (Å²) in [7, 11) is -9.16. The molecule has 0 bridgehead atoms. The highest BCUT2D eigenvalue weighted by molar-refractivity contribution is 7.55. The smallest absolute Gasteiger partial charge is 0.374 e. The van der Waals surface area contributed by atoms with Gasteiger partial charge in [0.1, 0.15) is 48.8 Å². The number of hydrogen-bond donors (Lipinski definition) is 9. The van der Waals surface area contributed by atoms with Gasteiger partial charge in [-0.1, -0.05) is 0 Å². The number of methoxy groups -OCH3 is 3. The van der Waals surface area contributed by atoms with Crippen LogP contribution in [-0.2, 0) is 60.9 Å². The molecule has 13 atom stereocenters. The lowest BCUT2D eigenvalue weighted by Crippen LogP contribution is -2.43.